The summed E-state index contributed by atoms with van der Waals surface area (Å²) in [4.78, 5) is 11.4. The Balaban J connectivity index is 2.16. The second-order valence-electron chi connectivity index (χ2n) is 4.56. The minimum Gasteiger partial charge on any atom is -0.494 e. The Morgan fingerprint density at radius 2 is 2.20 bits per heavy atom. The average molecular weight is 266 g/mol. The second kappa shape index (κ2) is 4.70. The molecule has 0 unspecified atom stereocenters. The lowest BCUT2D eigenvalue weighted by Crippen LogP contribution is -1.94. The highest BCUT2D eigenvalue weighted by molar-refractivity contribution is 6.13. The van der Waals surface area contributed by atoms with E-state index in [1.54, 1.807) is 18.5 Å². The van der Waals surface area contributed by atoms with E-state index in [4.69, 9.17) is 5.73 Å². The maximum atomic E-state index is 10.1. The van der Waals surface area contributed by atoms with Gasteiger partial charge in [-0.3, -0.25) is 9.98 Å². The Morgan fingerprint density at radius 1 is 1.35 bits per heavy atom. The van der Waals surface area contributed by atoms with E-state index in [-0.39, 0.29) is 5.88 Å². The number of anilines is 1. The van der Waals surface area contributed by atoms with E-state index in [0.29, 0.717) is 17.0 Å². The monoisotopic (exact) mass is 266 g/mol. The molecule has 0 saturated heterocycles. The number of hydrogen-bond donors (Lipinski definition) is 3. The van der Waals surface area contributed by atoms with Gasteiger partial charge in [-0.1, -0.05) is 0 Å². The minimum absolute atomic E-state index is 0.0933. The van der Waals surface area contributed by atoms with Crippen LogP contribution in [0.3, 0.4) is 0 Å². The van der Waals surface area contributed by atoms with Crippen LogP contribution in [0.25, 0.3) is 10.9 Å². The van der Waals surface area contributed by atoms with Gasteiger partial charge in [-0.25, -0.2) is 0 Å². The van der Waals surface area contributed by atoms with Crippen molar-refractivity contribution in [3.8, 4) is 5.88 Å². The maximum Gasteiger partial charge on any atom is 0.198 e. The molecule has 0 atom stereocenters. The molecular formula is C15H14N4O. The molecule has 0 spiro atoms. The molecular weight excluding hydrogens is 252 g/mol. The first kappa shape index (κ1) is 12.2. The molecule has 3 rings (SSSR count). The zero-order valence-corrected chi connectivity index (χ0v) is 11.0. The normalized spacial score (nSPS) is 11.9. The summed E-state index contributed by atoms with van der Waals surface area (Å²) in [5.41, 5.74) is 9.38. The van der Waals surface area contributed by atoms with Crippen molar-refractivity contribution < 1.29 is 5.11 Å². The van der Waals surface area contributed by atoms with Crippen molar-refractivity contribution in [3.05, 3.63) is 48.3 Å². The van der Waals surface area contributed by atoms with Gasteiger partial charge in [0.15, 0.2) is 5.88 Å². The molecule has 0 amide bonds. The van der Waals surface area contributed by atoms with Crippen molar-refractivity contribution in [3.63, 3.8) is 0 Å². The standard InChI is InChI=1S/C15H14N4O/c1-9(18-11-3-2-6-17-8-11)14-12-7-10(16)4-5-13(12)19-15(14)20/h2-8,19-20H,16H2,1H3. The van der Waals surface area contributed by atoms with Crippen molar-refractivity contribution in [2.75, 3.05) is 5.73 Å². The zero-order valence-electron chi connectivity index (χ0n) is 11.0. The van der Waals surface area contributed by atoms with Gasteiger partial charge < -0.3 is 15.8 Å². The molecule has 0 aliphatic heterocycles. The molecule has 2 aromatic heterocycles. The molecule has 2 heterocycles. The number of rotatable bonds is 2. The first-order valence-corrected chi connectivity index (χ1v) is 6.21. The second-order valence-corrected chi connectivity index (χ2v) is 4.56. The van der Waals surface area contributed by atoms with Crippen LogP contribution in [0, 0.1) is 0 Å². The smallest absolute Gasteiger partial charge is 0.198 e. The Morgan fingerprint density at radius 3 is 2.95 bits per heavy atom. The van der Waals surface area contributed by atoms with Gasteiger partial charge in [0.05, 0.1) is 23.2 Å². The van der Waals surface area contributed by atoms with Crippen molar-refractivity contribution in [1.82, 2.24) is 9.97 Å². The fourth-order valence-electron chi connectivity index (χ4n) is 2.23. The van der Waals surface area contributed by atoms with E-state index >= 15 is 0 Å². The summed E-state index contributed by atoms with van der Waals surface area (Å²) in [6.07, 6.45) is 3.36. The molecule has 0 bridgehead atoms. The average Bonchev–Trinajstić information content (AvgIpc) is 2.75. The van der Waals surface area contributed by atoms with E-state index in [2.05, 4.69) is 15.0 Å². The van der Waals surface area contributed by atoms with Crippen molar-refractivity contribution in [2.45, 2.75) is 6.92 Å². The number of aromatic nitrogens is 2. The van der Waals surface area contributed by atoms with E-state index in [1.165, 1.54) is 0 Å². The molecule has 4 N–H and O–H groups in total. The molecule has 3 aromatic rings. The SMILES string of the molecule is CC(=Nc1cccnc1)c1c(O)[nH]c2ccc(N)cc12. The highest BCUT2D eigenvalue weighted by atomic mass is 16.3. The molecule has 0 saturated carbocycles. The summed E-state index contributed by atoms with van der Waals surface area (Å²) in [7, 11) is 0. The van der Waals surface area contributed by atoms with Crippen LogP contribution in [-0.4, -0.2) is 20.8 Å². The molecule has 0 aliphatic carbocycles. The third-order valence-electron chi connectivity index (χ3n) is 3.11. The van der Waals surface area contributed by atoms with Crippen LogP contribution in [0.1, 0.15) is 12.5 Å². The Bertz CT molecular complexity index is 790. The summed E-state index contributed by atoms with van der Waals surface area (Å²) >= 11 is 0. The molecule has 5 nitrogen and oxygen atoms in total. The fourth-order valence-corrected chi connectivity index (χ4v) is 2.23. The number of aromatic amines is 1. The summed E-state index contributed by atoms with van der Waals surface area (Å²) < 4.78 is 0. The minimum atomic E-state index is 0.0933. The Labute approximate surface area is 115 Å². The summed E-state index contributed by atoms with van der Waals surface area (Å²) in [5, 5.41) is 10.9. The maximum absolute atomic E-state index is 10.1. The molecule has 100 valence electrons. The summed E-state index contributed by atoms with van der Waals surface area (Å²) in [6.45, 7) is 1.85. The van der Waals surface area contributed by atoms with Crippen molar-refractivity contribution in [2.24, 2.45) is 4.99 Å². The number of nitrogens with zero attached hydrogens (tertiary/aromatic N) is 2. The van der Waals surface area contributed by atoms with Gasteiger partial charge >= 0.3 is 0 Å². The lowest BCUT2D eigenvalue weighted by molar-refractivity contribution is 0.457. The summed E-state index contributed by atoms with van der Waals surface area (Å²) in [6, 6.07) is 9.12. The largest absolute Gasteiger partial charge is 0.494 e. The number of nitrogen functional groups attached to an aromatic ring is 1. The van der Waals surface area contributed by atoms with Crippen LogP contribution in [0.4, 0.5) is 11.4 Å². The fraction of sp³-hybridized carbons (Fsp3) is 0.0667. The van der Waals surface area contributed by atoms with Gasteiger partial charge in [0.25, 0.3) is 0 Å². The van der Waals surface area contributed by atoms with Crippen LogP contribution in [0.2, 0.25) is 0 Å². The number of nitrogens with two attached hydrogens (primary N) is 1. The predicted octanol–water partition coefficient (Wildman–Crippen LogP) is 2.99. The van der Waals surface area contributed by atoms with Crippen LogP contribution >= 0.6 is 0 Å². The van der Waals surface area contributed by atoms with Gasteiger partial charge in [-0.05, 0) is 37.3 Å². The van der Waals surface area contributed by atoms with E-state index in [0.717, 1.165) is 16.6 Å². The third-order valence-corrected chi connectivity index (χ3v) is 3.11. The molecule has 0 aliphatic rings. The third kappa shape index (κ3) is 2.09. The van der Waals surface area contributed by atoms with E-state index in [1.807, 2.05) is 31.2 Å². The highest BCUT2D eigenvalue weighted by Gasteiger charge is 2.13. The van der Waals surface area contributed by atoms with Gasteiger partial charge in [-0.2, -0.15) is 0 Å². The number of benzene rings is 1. The highest BCUT2D eigenvalue weighted by Crippen LogP contribution is 2.30. The van der Waals surface area contributed by atoms with Crippen LogP contribution < -0.4 is 5.73 Å². The van der Waals surface area contributed by atoms with Crippen LogP contribution in [0.15, 0.2) is 47.7 Å². The van der Waals surface area contributed by atoms with E-state index in [9.17, 15) is 5.11 Å². The summed E-state index contributed by atoms with van der Waals surface area (Å²) in [5.74, 6) is 0.0933. The van der Waals surface area contributed by atoms with Crippen LogP contribution in [0.5, 0.6) is 5.88 Å². The van der Waals surface area contributed by atoms with Gasteiger partial charge in [0, 0.05) is 22.8 Å². The Hall–Kier alpha value is -2.82. The lowest BCUT2D eigenvalue weighted by atomic mass is 10.1. The molecule has 0 radical (unpaired) electrons. The Kier molecular flexibility index (Phi) is 2.87. The van der Waals surface area contributed by atoms with Crippen molar-refractivity contribution >= 4 is 28.0 Å². The zero-order chi connectivity index (χ0) is 14.1. The quantitative estimate of drug-likeness (QED) is 0.492. The number of aliphatic imine (C=N–C) groups is 1. The number of fused-ring (bicyclic) bond motifs is 1. The molecule has 5 heteroatoms. The number of nitrogens with one attached hydrogen (secondary N) is 1. The molecule has 1 aromatic carbocycles. The van der Waals surface area contributed by atoms with Gasteiger partial charge in [0.2, 0.25) is 0 Å². The number of H-pyrrole nitrogens is 1. The molecule has 0 fully saturated rings. The number of aromatic hydroxyl groups is 1. The predicted molar refractivity (Wildman–Crippen MR) is 80.5 cm³/mol. The molecule has 20 heavy (non-hydrogen) atoms. The van der Waals surface area contributed by atoms with Crippen molar-refractivity contribution in [1.29, 1.82) is 0 Å². The topological polar surface area (TPSA) is 87.3 Å². The van der Waals surface area contributed by atoms with Crippen LogP contribution in [-0.2, 0) is 0 Å². The number of pyridine rings is 1. The lowest BCUT2D eigenvalue weighted by Gasteiger charge is -2.01. The van der Waals surface area contributed by atoms with Gasteiger partial charge in [0.1, 0.15) is 0 Å². The van der Waals surface area contributed by atoms with E-state index < -0.39 is 0 Å². The first-order valence-electron chi connectivity index (χ1n) is 6.21. The first-order chi connectivity index (χ1) is 9.65. The van der Waals surface area contributed by atoms with Gasteiger partial charge in [-0.15, -0.1) is 0 Å². The number of hydrogen-bond acceptors (Lipinski definition) is 4.